The van der Waals surface area contributed by atoms with E-state index in [9.17, 15) is 14.9 Å². The summed E-state index contributed by atoms with van der Waals surface area (Å²) in [5.74, 6) is 0. The highest BCUT2D eigenvalue weighted by molar-refractivity contribution is 6.31. The molecule has 1 atom stereocenters. The van der Waals surface area contributed by atoms with Crippen molar-refractivity contribution in [3.8, 4) is 6.07 Å². The number of carbonyl (C=O) groups excluding carboxylic acids is 1. The van der Waals surface area contributed by atoms with Crippen molar-refractivity contribution in [2.24, 2.45) is 7.05 Å². The second-order valence-electron chi connectivity index (χ2n) is 8.79. The average Bonchev–Trinajstić information content (AvgIpc) is 2.95. The molecule has 0 radical (unpaired) electrons. The lowest BCUT2D eigenvalue weighted by Crippen LogP contribution is -2.38. The van der Waals surface area contributed by atoms with Gasteiger partial charge >= 0.3 is 11.8 Å². The molecule has 0 saturated heterocycles. The number of amides is 1. The SMILES string of the molecule is CC(CCn1c(=O)n(C)c2ccc(Nc3ccnc(Cl)c3C#N)cc21)NC(=O)OC(C)(C)C. The molecule has 3 aromatic rings. The zero-order valence-corrected chi connectivity index (χ0v) is 20.0. The van der Waals surface area contributed by atoms with Gasteiger partial charge in [0.25, 0.3) is 0 Å². The van der Waals surface area contributed by atoms with E-state index >= 15 is 0 Å². The highest BCUT2D eigenvalue weighted by atomic mass is 35.5. The van der Waals surface area contributed by atoms with Crippen molar-refractivity contribution in [3.63, 3.8) is 0 Å². The fourth-order valence-electron chi connectivity index (χ4n) is 3.41. The molecular weight excluding hydrogens is 444 g/mol. The highest BCUT2D eigenvalue weighted by Gasteiger charge is 2.18. The van der Waals surface area contributed by atoms with Crippen molar-refractivity contribution >= 4 is 40.1 Å². The number of rotatable bonds is 6. The minimum atomic E-state index is -0.579. The number of nitrogens with zero attached hydrogens (tertiary/aromatic N) is 4. The van der Waals surface area contributed by atoms with Crippen LogP contribution in [0.2, 0.25) is 5.15 Å². The monoisotopic (exact) mass is 470 g/mol. The lowest BCUT2D eigenvalue weighted by atomic mass is 10.2. The number of alkyl carbamates (subject to hydrolysis) is 1. The summed E-state index contributed by atoms with van der Waals surface area (Å²) >= 11 is 6.02. The summed E-state index contributed by atoms with van der Waals surface area (Å²) < 4.78 is 8.53. The first-order valence-electron chi connectivity index (χ1n) is 10.5. The molecule has 0 bridgehead atoms. The van der Waals surface area contributed by atoms with Crippen LogP contribution < -0.4 is 16.3 Å². The van der Waals surface area contributed by atoms with E-state index in [-0.39, 0.29) is 22.4 Å². The Hall–Kier alpha value is -3.51. The van der Waals surface area contributed by atoms with Crippen molar-refractivity contribution in [1.82, 2.24) is 19.4 Å². The van der Waals surface area contributed by atoms with E-state index in [1.165, 1.54) is 6.20 Å². The molecule has 1 aromatic carbocycles. The normalized spacial score (nSPS) is 12.3. The van der Waals surface area contributed by atoms with Crippen LogP contribution in [0, 0.1) is 11.3 Å². The number of hydrogen-bond donors (Lipinski definition) is 2. The number of fused-ring (bicyclic) bond motifs is 1. The lowest BCUT2D eigenvalue weighted by Gasteiger charge is -2.22. The van der Waals surface area contributed by atoms with Crippen molar-refractivity contribution in [1.29, 1.82) is 5.26 Å². The molecule has 1 amide bonds. The van der Waals surface area contributed by atoms with Gasteiger partial charge in [-0.05, 0) is 58.4 Å². The van der Waals surface area contributed by atoms with Gasteiger partial charge in [0.05, 0.1) is 16.7 Å². The molecule has 3 rings (SSSR count). The number of aromatic nitrogens is 3. The number of ether oxygens (including phenoxy) is 1. The van der Waals surface area contributed by atoms with E-state index in [0.29, 0.717) is 24.3 Å². The van der Waals surface area contributed by atoms with E-state index < -0.39 is 11.7 Å². The number of hydrogen-bond acceptors (Lipinski definition) is 6. The van der Waals surface area contributed by atoms with Gasteiger partial charge in [0.2, 0.25) is 0 Å². The third kappa shape index (κ3) is 5.65. The number of nitrogens with one attached hydrogen (secondary N) is 2. The Morgan fingerprint density at radius 2 is 2.03 bits per heavy atom. The van der Waals surface area contributed by atoms with Gasteiger partial charge in [-0.3, -0.25) is 9.13 Å². The molecule has 2 N–H and O–H groups in total. The van der Waals surface area contributed by atoms with Gasteiger partial charge < -0.3 is 15.4 Å². The standard InChI is InChI=1S/C23H27ClN6O3/c1-14(27-21(31)33-23(2,3)4)9-11-30-19-12-15(6-7-18(19)29(5)22(30)32)28-17-8-10-26-20(24)16(17)13-25/h6-8,10,12,14H,9,11H2,1-5H3,(H,26,28)(H,27,31). The summed E-state index contributed by atoms with van der Waals surface area (Å²) in [4.78, 5) is 28.8. The van der Waals surface area contributed by atoms with E-state index in [0.717, 1.165) is 11.0 Å². The summed E-state index contributed by atoms with van der Waals surface area (Å²) in [5.41, 5.74) is 2.23. The molecular formula is C23H27ClN6O3. The third-order valence-corrected chi connectivity index (χ3v) is 5.28. The van der Waals surface area contributed by atoms with Crippen molar-refractivity contribution in [3.05, 3.63) is 51.7 Å². The van der Waals surface area contributed by atoms with Gasteiger partial charge in [-0.15, -0.1) is 0 Å². The number of benzene rings is 1. The molecule has 2 aromatic heterocycles. The van der Waals surface area contributed by atoms with Gasteiger partial charge in [-0.2, -0.15) is 5.26 Å². The van der Waals surface area contributed by atoms with Crippen LogP contribution in [-0.2, 0) is 18.3 Å². The number of halogens is 1. The van der Waals surface area contributed by atoms with Gasteiger partial charge in [-0.1, -0.05) is 11.6 Å². The van der Waals surface area contributed by atoms with Gasteiger partial charge in [0.1, 0.15) is 22.4 Å². The Bertz CT molecular complexity index is 1280. The van der Waals surface area contributed by atoms with E-state index in [1.807, 2.05) is 31.2 Å². The van der Waals surface area contributed by atoms with Gasteiger partial charge in [0, 0.05) is 31.5 Å². The Labute approximate surface area is 196 Å². The van der Waals surface area contributed by atoms with Crippen LogP contribution in [0.25, 0.3) is 11.0 Å². The Kier molecular flexibility index (Phi) is 6.98. The van der Waals surface area contributed by atoms with E-state index in [2.05, 4.69) is 15.6 Å². The highest BCUT2D eigenvalue weighted by Crippen LogP contribution is 2.26. The van der Waals surface area contributed by atoms with Crippen molar-refractivity contribution in [2.45, 2.75) is 52.3 Å². The second-order valence-corrected chi connectivity index (χ2v) is 9.15. The maximum absolute atomic E-state index is 12.8. The van der Waals surface area contributed by atoms with Crippen LogP contribution >= 0.6 is 11.6 Å². The molecule has 0 fully saturated rings. The molecule has 10 heteroatoms. The average molecular weight is 471 g/mol. The Morgan fingerprint density at radius 3 is 2.70 bits per heavy atom. The molecule has 0 aliphatic carbocycles. The summed E-state index contributed by atoms with van der Waals surface area (Å²) in [6.07, 6.45) is 1.56. The lowest BCUT2D eigenvalue weighted by molar-refractivity contribution is 0.0505. The summed E-state index contributed by atoms with van der Waals surface area (Å²) in [6, 6.07) is 9.03. The molecule has 2 heterocycles. The predicted octanol–water partition coefficient (Wildman–Crippen LogP) is 4.31. The fourth-order valence-corrected chi connectivity index (χ4v) is 3.61. The second kappa shape index (κ2) is 9.55. The first-order valence-corrected chi connectivity index (χ1v) is 10.9. The van der Waals surface area contributed by atoms with Gasteiger partial charge in [-0.25, -0.2) is 14.6 Å². The minimum absolute atomic E-state index is 0.117. The quantitative estimate of drug-likeness (QED) is 0.519. The minimum Gasteiger partial charge on any atom is -0.444 e. The summed E-state index contributed by atoms with van der Waals surface area (Å²) in [6.45, 7) is 7.68. The number of pyridine rings is 1. The molecule has 9 nitrogen and oxygen atoms in total. The maximum Gasteiger partial charge on any atom is 0.407 e. The first kappa shape index (κ1) is 24.1. The summed E-state index contributed by atoms with van der Waals surface area (Å²) in [7, 11) is 1.72. The fraction of sp³-hybridized carbons (Fsp3) is 0.391. The first-order chi connectivity index (χ1) is 15.5. The molecule has 0 spiro atoms. The topological polar surface area (TPSA) is 114 Å². The largest absolute Gasteiger partial charge is 0.444 e. The van der Waals surface area contributed by atoms with Crippen LogP contribution in [-0.4, -0.2) is 31.9 Å². The number of anilines is 2. The zero-order chi connectivity index (χ0) is 24.3. The van der Waals surface area contributed by atoms with Crippen LogP contribution in [0.15, 0.2) is 35.3 Å². The predicted molar refractivity (Wildman–Crippen MR) is 128 cm³/mol. The van der Waals surface area contributed by atoms with Crippen LogP contribution in [0.3, 0.4) is 0 Å². The van der Waals surface area contributed by atoms with Gasteiger partial charge in [0.15, 0.2) is 0 Å². The molecule has 0 aliphatic heterocycles. The third-order valence-electron chi connectivity index (χ3n) is 4.99. The van der Waals surface area contributed by atoms with Crippen molar-refractivity contribution < 1.29 is 9.53 Å². The number of nitriles is 1. The summed E-state index contributed by atoms with van der Waals surface area (Å²) in [5, 5.41) is 15.5. The molecule has 174 valence electrons. The van der Waals surface area contributed by atoms with Crippen LogP contribution in [0.5, 0.6) is 0 Å². The number of aryl methyl sites for hydroxylation is 2. The zero-order valence-electron chi connectivity index (χ0n) is 19.3. The van der Waals surface area contributed by atoms with Crippen LogP contribution in [0.4, 0.5) is 16.2 Å². The number of carbonyl (C=O) groups is 1. The Morgan fingerprint density at radius 1 is 1.30 bits per heavy atom. The molecule has 33 heavy (non-hydrogen) atoms. The molecule has 1 unspecified atom stereocenters. The maximum atomic E-state index is 12.8. The van der Waals surface area contributed by atoms with Crippen LogP contribution in [0.1, 0.15) is 39.7 Å². The van der Waals surface area contributed by atoms with E-state index in [1.54, 1.807) is 43.0 Å². The van der Waals surface area contributed by atoms with Crippen molar-refractivity contribution in [2.75, 3.05) is 5.32 Å². The van der Waals surface area contributed by atoms with E-state index in [4.69, 9.17) is 16.3 Å². The molecule has 0 saturated carbocycles. The number of imidazole rings is 1. The molecule has 0 aliphatic rings. The Balaban J connectivity index is 1.82. The smallest absolute Gasteiger partial charge is 0.407 e.